The molecule has 2 aliphatic rings. The lowest BCUT2D eigenvalue weighted by atomic mass is 10.0. The first-order valence-electron chi connectivity index (χ1n) is 12.5. The molecule has 2 aliphatic heterocycles. The molecule has 0 amide bonds. The topological polar surface area (TPSA) is 54.3 Å². The molecule has 6 heteroatoms. The summed E-state index contributed by atoms with van der Waals surface area (Å²) in [5.74, 6) is 0.260. The summed E-state index contributed by atoms with van der Waals surface area (Å²) in [6, 6.07) is 8.62. The van der Waals surface area contributed by atoms with E-state index in [0.29, 0.717) is 13.0 Å². The monoisotopic (exact) mass is 445 g/mol. The molecule has 6 nitrogen and oxygen atoms in total. The first kappa shape index (κ1) is 22.2. The normalized spacial score (nSPS) is 18.1. The Morgan fingerprint density at radius 3 is 2.36 bits per heavy atom. The van der Waals surface area contributed by atoms with Crippen molar-refractivity contribution < 1.29 is 4.79 Å². The number of carbonyl (C=O) groups excluding carboxylic acids is 1. The van der Waals surface area contributed by atoms with Crippen molar-refractivity contribution in [2.75, 3.05) is 32.7 Å². The molecule has 0 spiro atoms. The number of piperidine rings is 2. The van der Waals surface area contributed by atoms with E-state index < -0.39 is 0 Å². The van der Waals surface area contributed by atoms with Crippen LogP contribution in [0.1, 0.15) is 49.9 Å². The van der Waals surface area contributed by atoms with E-state index in [-0.39, 0.29) is 5.78 Å². The van der Waals surface area contributed by atoms with E-state index in [0.717, 1.165) is 36.1 Å². The van der Waals surface area contributed by atoms with Gasteiger partial charge >= 0.3 is 0 Å². The highest BCUT2D eigenvalue weighted by molar-refractivity contribution is 5.89. The summed E-state index contributed by atoms with van der Waals surface area (Å²) >= 11 is 0. The number of aromatic nitrogens is 3. The molecule has 2 aromatic heterocycles. The Bertz CT molecular complexity index is 1110. The number of benzene rings is 1. The molecule has 5 rings (SSSR count). The lowest BCUT2D eigenvalue weighted by Crippen LogP contribution is -2.35. The lowest BCUT2D eigenvalue weighted by molar-refractivity contribution is -0.119. The van der Waals surface area contributed by atoms with Gasteiger partial charge in [0.05, 0.1) is 24.9 Å². The van der Waals surface area contributed by atoms with Crippen LogP contribution < -0.4 is 0 Å². The predicted molar refractivity (Wildman–Crippen MR) is 132 cm³/mol. The number of pyridine rings is 1. The van der Waals surface area contributed by atoms with E-state index in [2.05, 4.69) is 44.1 Å². The Morgan fingerprint density at radius 2 is 1.61 bits per heavy atom. The molecular weight excluding hydrogens is 410 g/mol. The number of likely N-dealkylation sites (tertiary alicyclic amines) is 2. The Kier molecular flexibility index (Phi) is 6.83. The molecule has 0 radical (unpaired) electrons. The van der Waals surface area contributed by atoms with Crippen molar-refractivity contribution >= 4 is 16.6 Å². The second-order valence-electron chi connectivity index (χ2n) is 9.76. The van der Waals surface area contributed by atoms with Crippen molar-refractivity contribution in [3.63, 3.8) is 0 Å². The zero-order chi connectivity index (χ0) is 22.6. The molecule has 4 heterocycles. The molecule has 3 aromatic rings. The van der Waals surface area contributed by atoms with Crippen LogP contribution in [0.4, 0.5) is 0 Å². The van der Waals surface area contributed by atoms with Crippen LogP contribution in [0, 0.1) is 0 Å². The van der Waals surface area contributed by atoms with Gasteiger partial charge in [0.15, 0.2) is 5.78 Å². The minimum Gasteiger partial charge on any atom is -0.298 e. The van der Waals surface area contributed by atoms with Crippen LogP contribution in [0.15, 0.2) is 36.7 Å². The summed E-state index contributed by atoms with van der Waals surface area (Å²) < 4.78 is 2.02. The number of carbonyl (C=O) groups is 1. The number of hydrogen-bond acceptors (Lipinski definition) is 5. The standard InChI is InChI=1S/C27H35N5O/c1-30-27(20-32-12-6-3-7-13-32)26(18-29-30)21-8-9-22-17-28-24(15-23(22)14-21)16-25(33)19-31-10-4-2-5-11-31/h8-9,14-15,17-18H,2-7,10-13,16,19-20H2,1H3. The van der Waals surface area contributed by atoms with Gasteiger partial charge in [-0.1, -0.05) is 25.0 Å². The number of fused-ring (bicyclic) bond motifs is 1. The first-order valence-corrected chi connectivity index (χ1v) is 12.5. The maximum Gasteiger partial charge on any atom is 0.152 e. The number of Topliss-reactive ketones (excluding diaryl/α,β-unsaturated/α-hetero) is 1. The quantitative estimate of drug-likeness (QED) is 0.545. The van der Waals surface area contributed by atoms with E-state index >= 15 is 0 Å². The highest BCUT2D eigenvalue weighted by Crippen LogP contribution is 2.28. The second kappa shape index (κ2) is 10.1. The summed E-state index contributed by atoms with van der Waals surface area (Å²) in [6.45, 7) is 5.92. The van der Waals surface area contributed by atoms with E-state index in [1.54, 1.807) is 0 Å². The van der Waals surface area contributed by atoms with Gasteiger partial charge in [-0.2, -0.15) is 5.10 Å². The van der Waals surface area contributed by atoms with Gasteiger partial charge in [0.2, 0.25) is 0 Å². The van der Waals surface area contributed by atoms with Crippen LogP contribution in [0.5, 0.6) is 0 Å². The van der Waals surface area contributed by atoms with Gasteiger partial charge in [0.25, 0.3) is 0 Å². The van der Waals surface area contributed by atoms with Gasteiger partial charge in [0, 0.05) is 36.4 Å². The largest absolute Gasteiger partial charge is 0.298 e. The van der Waals surface area contributed by atoms with Crippen LogP contribution in [-0.2, 0) is 24.8 Å². The molecule has 174 valence electrons. The van der Waals surface area contributed by atoms with Gasteiger partial charge in [-0.15, -0.1) is 0 Å². The molecule has 0 unspecified atom stereocenters. The highest BCUT2D eigenvalue weighted by Gasteiger charge is 2.18. The number of rotatable bonds is 7. The van der Waals surface area contributed by atoms with Gasteiger partial charge in [0.1, 0.15) is 0 Å². The molecule has 0 saturated carbocycles. The number of aryl methyl sites for hydroxylation is 1. The van der Waals surface area contributed by atoms with Gasteiger partial charge < -0.3 is 0 Å². The maximum atomic E-state index is 12.6. The minimum atomic E-state index is 0.260. The van der Waals surface area contributed by atoms with Crippen molar-refractivity contribution in [1.29, 1.82) is 0 Å². The number of ketones is 1. The molecule has 0 bridgehead atoms. The Labute approximate surface area is 196 Å². The minimum absolute atomic E-state index is 0.260. The molecule has 0 N–H and O–H groups in total. The number of hydrogen-bond donors (Lipinski definition) is 0. The fourth-order valence-electron chi connectivity index (χ4n) is 5.30. The van der Waals surface area contributed by atoms with Crippen molar-refractivity contribution in [3.8, 4) is 11.1 Å². The van der Waals surface area contributed by atoms with Crippen LogP contribution in [0.2, 0.25) is 0 Å². The summed E-state index contributed by atoms with van der Waals surface area (Å²) in [4.78, 5) is 22.1. The summed E-state index contributed by atoms with van der Waals surface area (Å²) in [5.41, 5.74) is 4.51. The molecule has 33 heavy (non-hydrogen) atoms. The molecule has 0 aliphatic carbocycles. The van der Waals surface area contributed by atoms with E-state index in [1.165, 1.54) is 68.4 Å². The van der Waals surface area contributed by atoms with Crippen molar-refractivity contribution in [3.05, 3.63) is 48.0 Å². The van der Waals surface area contributed by atoms with E-state index in [9.17, 15) is 4.79 Å². The molecule has 1 aromatic carbocycles. The van der Waals surface area contributed by atoms with Crippen LogP contribution in [0.3, 0.4) is 0 Å². The van der Waals surface area contributed by atoms with Crippen molar-refractivity contribution in [1.82, 2.24) is 24.6 Å². The maximum absolute atomic E-state index is 12.6. The van der Waals surface area contributed by atoms with E-state index in [1.807, 2.05) is 24.1 Å². The number of nitrogens with zero attached hydrogens (tertiary/aromatic N) is 5. The zero-order valence-corrected chi connectivity index (χ0v) is 19.8. The summed E-state index contributed by atoms with van der Waals surface area (Å²) in [6.07, 6.45) is 11.9. The van der Waals surface area contributed by atoms with Crippen LogP contribution in [-0.4, -0.2) is 63.1 Å². The average Bonchev–Trinajstić information content (AvgIpc) is 3.20. The highest BCUT2D eigenvalue weighted by atomic mass is 16.1. The Morgan fingerprint density at radius 1 is 0.879 bits per heavy atom. The first-order chi connectivity index (χ1) is 16.2. The molecule has 2 fully saturated rings. The smallest absolute Gasteiger partial charge is 0.152 e. The van der Waals surface area contributed by atoms with Gasteiger partial charge in [-0.3, -0.25) is 24.3 Å². The van der Waals surface area contributed by atoms with Crippen LogP contribution in [0.25, 0.3) is 21.9 Å². The zero-order valence-electron chi connectivity index (χ0n) is 19.8. The van der Waals surface area contributed by atoms with Gasteiger partial charge in [-0.05, 0) is 74.9 Å². The third-order valence-corrected chi connectivity index (χ3v) is 7.20. The lowest BCUT2D eigenvalue weighted by Gasteiger charge is -2.26. The van der Waals surface area contributed by atoms with Crippen LogP contribution >= 0.6 is 0 Å². The summed E-state index contributed by atoms with van der Waals surface area (Å²) in [5, 5.41) is 6.82. The SMILES string of the molecule is Cn1ncc(-c2ccc3cnc(CC(=O)CN4CCCCC4)cc3c2)c1CN1CCCCC1. The van der Waals surface area contributed by atoms with Crippen molar-refractivity contribution in [2.45, 2.75) is 51.5 Å². The molecule has 0 atom stereocenters. The van der Waals surface area contributed by atoms with Crippen molar-refractivity contribution in [2.24, 2.45) is 7.05 Å². The fraction of sp³-hybridized carbons (Fsp3) is 0.519. The van der Waals surface area contributed by atoms with E-state index in [4.69, 9.17) is 0 Å². The summed E-state index contributed by atoms with van der Waals surface area (Å²) in [7, 11) is 2.04. The predicted octanol–water partition coefficient (Wildman–Crippen LogP) is 4.22. The fourth-order valence-corrected chi connectivity index (χ4v) is 5.30. The second-order valence-corrected chi connectivity index (χ2v) is 9.76. The molecular formula is C27H35N5O. The average molecular weight is 446 g/mol. The Hall–Kier alpha value is -2.57. The Balaban J connectivity index is 1.34. The molecule has 2 saturated heterocycles. The third kappa shape index (κ3) is 5.33. The third-order valence-electron chi connectivity index (χ3n) is 7.20. The van der Waals surface area contributed by atoms with Gasteiger partial charge in [-0.25, -0.2) is 0 Å².